The molecule has 0 N–H and O–H groups in total. The molecule has 70 valence electrons. The molecule has 2 rings (SSSR count). The van der Waals surface area contributed by atoms with Gasteiger partial charge in [0.25, 0.3) is 0 Å². The lowest BCUT2D eigenvalue weighted by atomic mass is 10.2. The van der Waals surface area contributed by atoms with Crippen molar-refractivity contribution < 1.29 is 4.92 Å². The van der Waals surface area contributed by atoms with Crippen LogP contribution in [0.5, 0.6) is 0 Å². The number of fused-ring (bicyclic) bond motifs is 1. The number of rotatable bonds is 1. The predicted octanol–water partition coefficient (Wildman–Crippen LogP) is 2.91. The molecule has 0 bridgehead atoms. The van der Waals surface area contributed by atoms with Gasteiger partial charge in [-0.15, -0.1) is 0 Å². The minimum absolute atomic E-state index is 0.108. The Hall–Kier alpha value is -1.49. The monoisotopic (exact) mass is 252 g/mol. The van der Waals surface area contributed by atoms with Gasteiger partial charge in [0.15, 0.2) is 0 Å². The predicted molar refractivity (Wildman–Crippen MR) is 56.1 cm³/mol. The van der Waals surface area contributed by atoms with Crippen LogP contribution in [0.15, 0.2) is 34.9 Å². The zero-order valence-electron chi connectivity index (χ0n) is 6.98. The first-order valence-electron chi connectivity index (χ1n) is 3.88. The van der Waals surface area contributed by atoms with E-state index in [2.05, 4.69) is 20.9 Å². The first-order valence-corrected chi connectivity index (χ1v) is 4.67. The molecule has 0 radical (unpaired) electrons. The molecule has 1 aromatic carbocycles. The molecule has 0 atom stereocenters. The van der Waals surface area contributed by atoms with E-state index in [9.17, 15) is 10.1 Å². The van der Waals surface area contributed by atoms with Crippen molar-refractivity contribution in [3.05, 3.63) is 45.0 Å². The van der Waals surface area contributed by atoms with Gasteiger partial charge < -0.3 is 10.1 Å². The van der Waals surface area contributed by atoms with Crippen LogP contribution in [0.2, 0.25) is 0 Å². The van der Waals surface area contributed by atoms with Crippen molar-refractivity contribution in [1.82, 2.24) is 4.98 Å². The molecular weight excluding hydrogens is 248 g/mol. The molecule has 0 unspecified atom stereocenters. The molecular formula is C9H5BrN2O2. The van der Waals surface area contributed by atoms with E-state index in [4.69, 9.17) is 0 Å². The molecule has 5 heteroatoms. The van der Waals surface area contributed by atoms with Crippen LogP contribution in [0.25, 0.3) is 10.8 Å². The van der Waals surface area contributed by atoms with Crippen LogP contribution < -0.4 is 0 Å². The van der Waals surface area contributed by atoms with E-state index in [0.717, 1.165) is 9.86 Å². The van der Waals surface area contributed by atoms with Gasteiger partial charge in [-0.3, -0.25) is 0 Å². The Morgan fingerprint density at radius 1 is 1.29 bits per heavy atom. The van der Waals surface area contributed by atoms with Gasteiger partial charge in [-0.05, 0) is 28.1 Å². The molecule has 0 fully saturated rings. The molecule has 1 heterocycles. The Morgan fingerprint density at radius 2 is 2.07 bits per heavy atom. The fourth-order valence-electron chi connectivity index (χ4n) is 1.30. The quantitative estimate of drug-likeness (QED) is 0.579. The maximum Gasteiger partial charge on any atom is 0.371 e. The van der Waals surface area contributed by atoms with Gasteiger partial charge in [0.2, 0.25) is 0 Å². The Bertz CT molecular complexity index is 513. The van der Waals surface area contributed by atoms with E-state index >= 15 is 0 Å². The largest absolute Gasteiger partial charge is 0.371 e. The maximum absolute atomic E-state index is 10.7. The molecule has 0 aliphatic rings. The summed E-state index contributed by atoms with van der Waals surface area (Å²) in [5.74, 6) is -0.108. The van der Waals surface area contributed by atoms with Crippen LogP contribution in [-0.4, -0.2) is 9.91 Å². The van der Waals surface area contributed by atoms with Gasteiger partial charge in [0, 0.05) is 9.86 Å². The molecule has 0 aliphatic heterocycles. The molecule has 0 saturated carbocycles. The number of nitrogens with zero attached hydrogens (tertiary/aromatic N) is 2. The number of halogens is 1. The molecule has 0 amide bonds. The first-order chi connectivity index (χ1) is 6.70. The van der Waals surface area contributed by atoms with Gasteiger partial charge in [-0.25, -0.2) is 0 Å². The number of nitro groups is 1. The van der Waals surface area contributed by atoms with Crippen molar-refractivity contribution in [2.45, 2.75) is 0 Å². The highest BCUT2D eigenvalue weighted by Gasteiger charge is 2.13. The lowest BCUT2D eigenvalue weighted by molar-refractivity contribution is -0.387. The van der Waals surface area contributed by atoms with Crippen LogP contribution in [0.1, 0.15) is 0 Å². The average Bonchev–Trinajstić information content (AvgIpc) is 2.17. The van der Waals surface area contributed by atoms with Crippen LogP contribution in [0.3, 0.4) is 0 Å². The van der Waals surface area contributed by atoms with Crippen molar-refractivity contribution in [3.8, 4) is 0 Å². The van der Waals surface area contributed by atoms with Gasteiger partial charge in [0.1, 0.15) is 6.20 Å². The van der Waals surface area contributed by atoms with E-state index in [1.807, 2.05) is 6.07 Å². The normalized spacial score (nSPS) is 10.4. The topological polar surface area (TPSA) is 56.0 Å². The molecule has 4 nitrogen and oxygen atoms in total. The Balaban J connectivity index is 2.88. The van der Waals surface area contributed by atoms with Crippen LogP contribution in [0.4, 0.5) is 5.82 Å². The third kappa shape index (κ3) is 1.35. The highest BCUT2D eigenvalue weighted by atomic mass is 79.9. The highest BCUT2D eigenvalue weighted by Crippen LogP contribution is 2.28. The lowest BCUT2D eigenvalue weighted by Crippen LogP contribution is -1.92. The summed E-state index contributed by atoms with van der Waals surface area (Å²) in [7, 11) is 0. The third-order valence-electron chi connectivity index (χ3n) is 1.90. The summed E-state index contributed by atoms with van der Waals surface area (Å²) in [6, 6.07) is 7.02. The van der Waals surface area contributed by atoms with E-state index in [1.54, 1.807) is 18.2 Å². The van der Waals surface area contributed by atoms with E-state index in [0.29, 0.717) is 5.39 Å². The van der Waals surface area contributed by atoms with Gasteiger partial charge in [0.05, 0.1) is 5.39 Å². The van der Waals surface area contributed by atoms with Crippen LogP contribution in [-0.2, 0) is 0 Å². The zero-order valence-corrected chi connectivity index (χ0v) is 8.56. The van der Waals surface area contributed by atoms with Crippen molar-refractivity contribution in [2.24, 2.45) is 0 Å². The minimum atomic E-state index is -0.477. The maximum atomic E-state index is 10.7. The molecule has 0 saturated heterocycles. The summed E-state index contributed by atoms with van der Waals surface area (Å²) in [5, 5.41) is 12.0. The molecule has 0 aliphatic carbocycles. The zero-order chi connectivity index (χ0) is 10.1. The second kappa shape index (κ2) is 3.34. The SMILES string of the molecule is O=[N+]([O-])c1nccc2c(Br)cccc12. The number of benzene rings is 1. The fourth-order valence-corrected chi connectivity index (χ4v) is 1.80. The van der Waals surface area contributed by atoms with Crippen molar-refractivity contribution in [3.63, 3.8) is 0 Å². The summed E-state index contributed by atoms with van der Waals surface area (Å²) < 4.78 is 0.834. The Kier molecular flexibility index (Phi) is 2.17. The van der Waals surface area contributed by atoms with E-state index < -0.39 is 4.92 Å². The minimum Gasteiger partial charge on any atom is -0.358 e. The lowest BCUT2D eigenvalue weighted by Gasteiger charge is -1.99. The molecule has 2 aromatic rings. The fraction of sp³-hybridized carbons (Fsp3) is 0. The third-order valence-corrected chi connectivity index (χ3v) is 2.60. The van der Waals surface area contributed by atoms with Crippen molar-refractivity contribution >= 4 is 32.5 Å². The number of hydrogen-bond acceptors (Lipinski definition) is 3. The second-order valence-corrected chi connectivity index (χ2v) is 3.58. The van der Waals surface area contributed by atoms with Crippen LogP contribution >= 0.6 is 15.9 Å². The van der Waals surface area contributed by atoms with Gasteiger partial charge in [-0.2, -0.15) is 0 Å². The summed E-state index contributed by atoms with van der Waals surface area (Å²) >= 11 is 3.33. The first kappa shape index (κ1) is 9.08. The number of hydrogen-bond donors (Lipinski definition) is 0. The van der Waals surface area contributed by atoms with Gasteiger partial charge in [-0.1, -0.05) is 22.0 Å². The average molecular weight is 253 g/mol. The van der Waals surface area contributed by atoms with Crippen LogP contribution in [0, 0.1) is 10.1 Å². The second-order valence-electron chi connectivity index (χ2n) is 2.73. The Labute approximate surface area is 87.9 Å². The Morgan fingerprint density at radius 3 is 2.79 bits per heavy atom. The van der Waals surface area contributed by atoms with Crippen molar-refractivity contribution in [2.75, 3.05) is 0 Å². The van der Waals surface area contributed by atoms with E-state index in [1.165, 1.54) is 6.20 Å². The summed E-state index contributed by atoms with van der Waals surface area (Å²) in [6.45, 7) is 0. The number of aromatic nitrogens is 1. The highest BCUT2D eigenvalue weighted by molar-refractivity contribution is 9.10. The van der Waals surface area contributed by atoms with Gasteiger partial charge >= 0.3 is 5.82 Å². The molecule has 1 aromatic heterocycles. The summed E-state index contributed by atoms with van der Waals surface area (Å²) in [5.41, 5.74) is 0. The number of pyridine rings is 1. The molecule has 14 heavy (non-hydrogen) atoms. The van der Waals surface area contributed by atoms with E-state index in [-0.39, 0.29) is 5.82 Å². The standard InChI is InChI=1S/C9H5BrN2O2/c10-8-3-1-2-7-6(8)4-5-11-9(7)12(13)14/h1-5H. The molecule has 0 spiro atoms. The summed E-state index contributed by atoms with van der Waals surface area (Å²) in [6.07, 6.45) is 1.44. The smallest absolute Gasteiger partial charge is 0.358 e. The van der Waals surface area contributed by atoms with Crippen molar-refractivity contribution in [1.29, 1.82) is 0 Å². The summed E-state index contributed by atoms with van der Waals surface area (Å²) in [4.78, 5) is 13.9.